The van der Waals surface area contributed by atoms with Gasteiger partial charge in [0.2, 0.25) is 0 Å². The number of furan rings is 1. The lowest BCUT2D eigenvalue weighted by Crippen LogP contribution is -2.14. The minimum Gasteiger partial charge on any atom is -0.466 e. The zero-order chi connectivity index (χ0) is 13.2. The Morgan fingerprint density at radius 2 is 1.82 bits per heavy atom. The van der Waals surface area contributed by atoms with E-state index in [-0.39, 0.29) is 11.8 Å². The molecule has 5 heteroatoms. The lowest BCUT2D eigenvalue weighted by Gasteiger charge is -2.11. The highest BCUT2D eigenvalue weighted by Gasteiger charge is 2.18. The van der Waals surface area contributed by atoms with Gasteiger partial charge < -0.3 is 10.2 Å². The molecule has 0 spiro atoms. The normalized spacial score (nSPS) is 13.9. The highest BCUT2D eigenvalue weighted by Crippen LogP contribution is 2.28. The van der Waals surface area contributed by atoms with Crippen LogP contribution in [-0.4, -0.2) is 20.4 Å². The van der Waals surface area contributed by atoms with Crippen LogP contribution in [-0.2, 0) is 9.84 Å². The molecule has 1 atom stereocenters. The average Bonchev–Trinajstić information content (AvgIpc) is 2.38. The number of rotatable bonds is 5. The van der Waals surface area contributed by atoms with Crippen molar-refractivity contribution in [3.63, 3.8) is 0 Å². The molecule has 0 bridgehead atoms. The highest BCUT2D eigenvalue weighted by molar-refractivity contribution is 7.90. The summed E-state index contributed by atoms with van der Waals surface area (Å²) in [6.45, 7) is 5.79. The summed E-state index contributed by atoms with van der Waals surface area (Å²) in [7, 11) is -2.90. The van der Waals surface area contributed by atoms with Gasteiger partial charge in [-0.2, -0.15) is 0 Å². The number of sulfone groups is 1. The molecule has 1 rings (SSSR count). The monoisotopic (exact) mass is 259 g/mol. The standard InChI is InChI=1S/C12H21NO3S/c1-8-9(2)16-10(3)12(8)11(13)6-5-7-17(4,14)15/h11H,5-7,13H2,1-4H3. The molecule has 0 saturated heterocycles. The van der Waals surface area contributed by atoms with Gasteiger partial charge in [-0.05, 0) is 39.2 Å². The summed E-state index contributed by atoms with van der Waals surface area (Å²) in [6, 6.07) is -0.144. The van der Waals surface area contributed by atoms with Crippen LogP contribution in [0.4, 0.5) is 0 Å². The maximum atomic E-state index is 11.0. The van der Waals surface area contributed by atoms with E-state index < -0.39 is 9.84 Å². The fourth-order valence-corrected chi connectivity index (χ4v) is 2.75. The Labute approximate surface area is 103 Å². The number of aryl methyl sites for hydroxylation is 2. The fraction of sp³-hybridized carbons (Fsp3) is 0.667. The molecule has 2 N–H and O–H groups in total. The van der Waals surface area contributed by atoms with Gasteiger partial charge in [0.25, 0.3) is 0 Å². The van der Waals surface area contributed by atoms with E-state index in [9.17, 15) is 8.42 Å². The summed E-state index contributed by atoms with van der Waals surface area (Å²) in [5, 5.41) is 0. The van der Waals surface area contributed by atoms with Gasteiger partial charge in [-0.3, -0.25) is 0 Å². The molecule has 1 unspecified atom stereocenters. The Kier molecular flexibility index (Phi) is 4.38. The first-order valence-corrected chi connectivity index (χ1v) is 7.78. The van der Waals surface area contributed by atoms with Gasteiger partial charge in [0.15, 0.2) is 0 Å². The van der Waals surface area contributed by atoms with Crippen molar-refractivity contribution in [1.29, 1.82) is 0 Å². The third kappa shape index (κ3) is 3.85. The molecule has 98 valence electrons. The van der Waals surface area contributed by atoms with E-state index in [1.54, 1.807) is 0 Å². The molecule has 1 heterocycles. The minimum atomic E-state index is -2.90. The molecule has 0 aliphatic heterocycles. The molecule has 0 fully saturated rings. The van der Waals surface area contributed by atoms with Gasteiger partial charge in [-0.25, -0.2) is 8.42 Å². The maximum Gasteiger partial charge on any atom is 0.147 e. The predicted molar refractivity (Wildman–Crippen MR) is 68.8 cm³/mol. The van der Waals surface area contributed by atoms with Crippen LogP contribution >= 0.6 is 0 Å². The highest BCUT2D eigenvalue weighted by atomic mass is 32.2. The number of hydrogen-bond acceptors (Lipinski definition) is 4. The molecular weight excluding hydrogens is 238 g/mol. The molecule has 0 aliphatic rings. The van der Waals surface area contributed by atoms with Crippen molar-refractivity contribution in [3.05, 3.63) is 22.6 Å². The Hall–Kier alpha value is -0.810. The zero-order valence-electron chi connectivity index (χ0n) is 10.9. The van der Waals surface area contributed by atoms with Crippen LogP contribution in [0.5, 0.6) is 0 Å². The first kappa shape index (κ1) is 14.3. The smallest absolute Gasteiger partial charge is 0.147 e. The summed E-state index contributed by atoms with van der Waals surface area (Å²) >= 11 is 0. The second kappa shape index (κ2) is 5.23. The summed E-state index contributed by atoms with van der Waals surface area (Å²) in [5.74, 6) is 1.92. The topological polar surface area (TPSA) is 73.3 Å². The van der Waals surface area contributed by atoms with Crippen molar-refractivity contribution in [2.75, 3.05) is 12.0 Å². The van der Waals surface area contributed by atoms with Crippen LogP contribution in [0, 0.1) is 20.8 Å². The van der Waals surface area contributed by atoms with Crippen LogP contribution in [0.3, 0.4) is 0 Å². The number of nitrogens with two attached hydrogens (primary N) is 1. The number of hydrogen-bond donors (Lipinski definition) is 1. The Morgan fingerprint density at radius 1 is 1.24 bits per heavy atom. The summed E-state index contributed by atoms with van der Waals surface area (Å²) in [5.41, 5.74) is 8.19. The van der Waals surface area contributed by atoms with Gasteiger partial charge in [0.1, 0.15) is 21.4 Å². The van der Waals surface area contributed by atoms with Gasteiger partial charge >= 0.3 is 0 Å². The van der Waals surface area contributed by atoms with Crippen molar-refractivity contribution in [2.45, 2.75) is 39.7 Å². The molecule has 1 aromatic heterocycles. The van der Waals surface area contributed by atoms with Gasteiger partial charge in [-0.15, -0.1) is 0 Å². The second-order valence-electron chi connectivity index (χ2n) is 4.63. The largest absolute Gasteiger partial charge is 0.466 e. The third-order valence-electron chi connectivity index (χ3n) is 3.02. The molecular formula is C12H21NO3S. The van der Waals surface area contributed by atoms with Crippen molar-refractivity contribution >= 4 is 9.84 Å². The van der Waals surface area contributed by atoms with Gasteiger partial charge in [0.05, 0.1) is 0 Å². The van der Waals surface area contributed by atoms with E-state index in [2.05, 4.69) is 0 Å². The van der Waals surface area contributed by atoms with E-state index in [4.69, 9.17) is 10.2 Å². The van der Waals surface area contributed by atoms with Crippen LogP contribution in [0.2, 0.25) is 0 Å². The zero-order valence-corrected chi connectivity index (χ0v) is 11.7. The molecule has 1 aromatic rings. The molecule has 4 nitrogen and oxygen atoms in total. The van der Waals surface area contributed by atoms with E-state index in [1.807, 2.05) is 20.8 Å². The maximum absolute atomic E-state index is 11.0. The van der Waals surface area contributed by atoms with Crippen LogP contribution in [0.15, 0.2) is 4.42 Å². The van der Waals surface area contributed by atoms with Crippen molar-refractivity contribution in [1.82, 2.24) is 0 Å². The first-order chi connectivity index (χ1) is 7.72. The first-order valence-electron chi connectivity index (χ1n) is 5.72. The molecule has 0 aliphatic carbocycles. The molecule has 0 saturated carbocycles. The Morgan fingerprint density at radius 3 is 2.24 bits per heavy atom. The van der Waals surface area contributed by atoms with E-state index in [1.165, 1.54) is 6.26 Å². The molecule has 0 aromatic carbocycles. The summed E-state index contributed by atoms with van der Waals surface area (Å²) in [6.07, 6.45) is 2.49. The SMILES string of the molecule is Cc1oc(C)c(C(N)CCCS(C)(=O)=O)c1C. The van der Waals surface area contributed by atoms with E-state index in [0.717, 1.165) is 22.6 Å². The van der Waals surface area contributed by atoms with E-state index >= 15 is 0 Å². The quantitative estimate of drug-likeness (QED) is 0.878. The van der Waals surface area contributed by atoms with Crippen molar-refractivity contribution in [2.24, 2.45) is 5.73 Å². The second-order valence-corrected chi connectivity index (χ2v) is 6.89. The lowest BCUT2D eigenvalue weighted by atomic mass is 9.99. The lowest BCUT2D eigenvalue weighted by molar-refractivity contribution is 0.494. The van der Waals surface area contributed by atoms with Crippen LogP contribution in [0.1, 0.15) is 41.5 Å². The molecule has 17 heavy (non-hydrogen) atoms. The molecule has 0 radical (unpaired) electrons. The van der Waals surface area contributed by atoms with E-state index in [0.29, 0.717) is 12.8 Å². The Bertz CT molecular complexity index is 488. The summed E-state index contributed by atoms with van der Waals surface area (Å²) in [4.78, 5) is 0. The van der Waals surface area contributed by atoms with Gasteiger partial charge in [-0.1, -0.05) is 0 Å². The minimum absolute atomic E-state index is 0.144. The molecule has 0 amide bonds. The van der Waals surface area contributed by atoms with Crippen LogP contribution in [0.25, 0.3) is 0 Å². The predicted octanol–water partition coefficient (Wildman–Crippen LogP) is 2.03. The van der Waals surface area contributed by atoms with Crippen molar-refractivity contribution < 1.29 is 12.8 Å². The van der Waals surface area contributed by atoms with Gasteiger partial charge in [0, 0.05) is 23.6 Å². The Balaban J connectivity index is 2.67. The fourth-order valence-electron chi connectivity index (χ4n) is 2.06. The average molecular weight is 259 g/mol. The summed E-state index contributed by atoms with van der Waals surface area (Å²) < 4.78 is 27.6. The van der Waals surface area contributed by atoms with Crippen molar-refractivity contribution in [3.8, 4) is 0 Å². The van der Waals surface area contributed by atoms with Crippen LogP contribution < -0.4 is 5.73 Å². The third-order valence-corrected chi connectivity index (χ3v) is 4.05.